The van der Waals surface area contributed by atoms with Gasteiger partial charge < -0.3 is 15.3 Å². The van der Waals surface area contributed by atoms with Gasteiger partial charge in [-0.1, -0.05) is 11.6 Å². The Morgan fingerprint density at radius 3 is 2.69 bits per heavy atom. The number of aliphatic hydroxyl groups is 1. The molecule has 4 nitrogen and oxygen atoms in total. The number of hydrogen-bond acceptors (Lipinski definition) is 3. The number of carboxylic acid groups (broad SMARTS) is 1. The van der Waals surface area contributed by atoms with E-state index in [9.17, 15) is 9.90 Å². The number of benzene rings is 1. The van der Waals surface area contributed by atoms with Crippen molar-refractivity contribution >= 4 is 5.97 Å². The zero-order valence-electron chi connectivity index (χ0n) is 8.97. The normalized spacial score (nSPS) is 11.5. The molecule has 1 aromatic carbocycles. The minimum absolute atomic E-state index is 0.0423. The van der Waals surface area contributed by atoms with Crippen LogP contribution in [0.5, 0.6) is 5.75 Å². The highest BCUT2D eigenvalue weighted by Crippen LogP contribution is 2.19. The van der Waals surface area contributed by atoms with Crippen LogP contribution < -0.4 is 0 Å². The highest BCUT2D eigenvalue weighted by Gasteiger charge is 2.06. The monoisotopic (exact) mass is 222 g/mol. The van der Waals surface area contributed by atoms with Crippen LogP contribution in [0.2, 0.25) is 0 Å². The third kappa shape index (κ3) is 3.10. The molecule has 16 heavy (non-hydrogen) atoms. The topological polar surface area (TPSA) is 77.8 Å². The summed E-state index contributed by atoms with van der Waals surface area (Å²) in [6.07, 6.45) is 2.15. The Morgan fingerprint density at radius 2 is 2.12 bits per heavy atom. The van der Waals surface area contributed by atoms with Crippen molar-refractivity contribution in [1.82, 2.24) is 0 Å². The van der Waals surface area contributed by atoms with Crippen molar-refractivity contribution in [3.8, 4) is 5.75 Å². The molecule has 1 aromatic rings. The Morgan fingerprint density at radius 1 is 1.44 bits per heavy atom. The molecule has 0 spiro atoms. The van der Waals surface area contributed by atoms with Crippen LogP contribution in [-0.4, -0.2) is 27.9 Å². The molecule has 0 atom stereocenters. The van der Waals surface area contributed by atoms with Crippen molar-refractivity contribution in [3.63, 3.8) is 0 Å². The maximum atomic E-state index is 10.7. The van der Waals surface area contributed by atoms with E-state index in [0.717, 1.165) is 5.57 Å². The largest absolute Gasteiger partial charge is 0.508 e. The molecule has 0 fully saturated rings. The van der Waals surface area contributed by atoms with E-state index in [1.165, 1.54) is 18.2 Å². The Labute approximate surface area is 93.5 Å². The van der Waals surface area contributed by atoms with Crippen LogP contribution in [0, 0.1) is 0 Å². The molecule has 0 aliphatic rings. The Hall–Kier alpha value is -1.81. The number of carbonyl (C=O) groups is 1. The number of carboxylic acids is 1. The molecule has 0 radical (unpaired) electrons. The number of allylic oxidation sites excluding steroid dienone is 1. The lowest BCUT2D eigenvalue weighted by molar-refractivity contribution is 0.0697. The molecule has 0 unspecified atom stereocenters. The lowest BCUT2D eigenvalue weighted by Gasteiger charge is -2.03. The first kappa shape index (κ1) is 12.3. The van der Waals surface area contributed by atoms with Crippen molar-refractivity contribution in [2.45, 2.75) is 13.3 Å². The van der Waals surface area contributed by atoms with Crippen LogP contribution in [0.3, 0.4) is 0 Å². The van der Waals surface area contributed by atoms with Gasteiger partial charge in [-0.15, -0.1) is 0 Å². The molecule has 0 bridgehead atoms. The third-order valence-corrected chi connectivity index (χ3v) is 2.25. The van der Waals surface area contributed by atoms with E-state index in [-0.39, 0.29) is 17.9 Å². The molecule has 0 saturated carbocycles. The van der Waals surface area contributed by atoms with Crippen LogP contribution in [0.15, 0.2) is 29.8 Å². The smallest absolute Gasteiger partial charge is 0.335 e. The van der Waals surface area contributed by atoms with E-state index in [4.69, 9.17) is 10.2 Å². The van der Waals surface area contributed by atoms with E-state index in [0.29, 0.717) is 12.0 Å². The van der Waals surface area contributed by atoms with E-state index >= 15 is 0 Å². The minimum atomic E-state index is -1.02. The summed E-state index contributed by atoms with van der Waals surface area (Å²) in [5.41, 5.74) is 1.45. The Kier molecular flexibility index (Phi) is 4.08. The summed E-state index contributed by atoms with van der Waals surface area (Å²) in [6, 6.07) is 4.14. The number of aromatic carboxylic acids is 1. The van der Waals surface area contributed by atoms with E-state index in [2.05, 4.69) is 0 Å². The lowest BCUT2D eigenvalue weighted by atomic mass is 10.1. The number of hydrogen-bond donors (Lipinski definition) is 3. The van der Waals surface area contributed by atoms with Gasteiger partial charge in [-0.25, -0.2) is 4.79 Å². The van der Waals surface area contributed by atoms with Crippen LogP contribution >= 0.6 is 0 Å². The highest BCUT2D eigenvalue weighted by atomic mass is 16.4. The Bertz CT molecular complexity index is 421. The van der Waals surface area contributed by atoms with Crippen LogP contribution in [-0.2, 0) is 6.42 Å². The zero-order chi connectivity index (χ0) is 12.1. The maximum absolute atomic E-state index is 10.7. The van der Waals surface area contributed by atoms with Crippen LogP contribution in [0.1, 0.15) is 22.8 Å². The summed E-state index contributed by atoms with van der Waals surface area (Å²) in [5, 5.41) is 27.1. The number of aliphatic hydroxyl groups excluding tert-OH is 1. The van der Waals surface area contributed by atoms with Crippen molar-refractivity contribution in [3.05, 3.63) is 41.0 Å². The molecule has 4 heteroatoms. The molecule has 1 rings (SSSR count). The summed E-state index contributed by atoms with van der Waals surface area (Å²) >= 11 is 0. The zero-order valence-corrected chi connectivity index (χ0v) is 8.97. The van der Waals surface area contributed by atoms with Crippen LogP contribution in [0.4, 0.5) is 0 Å². The summed E-state index contributed by atoms with van der Waals surface area (Å²) in [5.74, 6) is -0.962. The fourth-order valence-electron chi connectivity index (χ4n) is 1.23. The van der Waals surface area contributed by atoms with Crippen molar-refractivity contribution in [1.29, 1.82) is 0 Å². The molecular weight excluding hydrogens is 208 g/mol. The fraction of sp³-hybridized carbons (Fsp3) is 0.250. The number of phenols is 1. The molecular formula is C12H14O4. The van der Waals surface area contributed by atoms with Gasteiger partial charge in [0.05, 0.1) is 12.2 Å². The first-order valence-corrected chi connectivity index (χ1v) is 4.86. The van der Waals surface area contributed by atoms with Crippen LogP contribution in [0.25, 0.3) is 0 Å². The summed E-state index contributed by atoms with van der Waals surface area (Å²) in [6.45, 7) is 1.72. The average molecular weight is 222 g/mol. The van der Waals surface area contributed by atoms with Gasteiger partial charge in [0.15, 0.2) is 0 Å². The van der Waals surface area contributed by atoms with Gasteiger partial charge >= 0.3 is 5.97 Å². The molecule has 0 aliphatic carbocycles. The number of rotatable bonds is 4. The second kappa shape index (κ2) is 5.32. The number of phenolic OH excluding ortho intramolecular Hbond substituents is 1. The second-order valence-corrected chi connectivity index (χ2v) is 3.56. The number of aromatic hydroxyl groups is 1. The predicted octanol–water partition coefficient (Wildman–Crippen LogP) is 1.57. The Balaban J connectivity index is 2.94. The van der Waals surface area contributed by atoms with E-state index in [1.54, 1.807) is 13.0 Å². The first-order valence-electron chi connectivity index (χ1n) is 4.86. The maximum Gasteiger partial charge on any atom is 0.335 e. The van der Waals surface area contributed by atoms with Crippen molar-refractivity contribution in [2.24, 2.45) is 0 Å². The third-order valence-electron chi connectivity index (χ3n) is 2.25. The van der Waals surface area contributed by atoms with Gasteiger partial charge in [-0.05, 0) is 37.1 Å². The molecule has 3 N–H and O–H groups in total. The van der Waals surface area contributed by atoms with Gasteiger partial charge in [0.25, 0.3) is 0 Å². The quantitative estimate of drug-likeness (QED) is 0.676. The molecule has 0 aliphatic heterocycles. The first-order chi connectivity index (χ1) is 7.54. The van der Waals surface area contributed by atoms with E-state index < -0.39 is 5.97 Å². The van der Waals surface area contributed by atoms with Gasteiger partial charge in [-0.3, -0.25) is 0 Å². The molecule has 86 valence electrons. The lowest BCUT2D eigenvalue weighted by Crippen LogP contribution is -1.97. The fourth-order valence-corrected chi connectivity index (χ4v) is 1.23. The molecule has 0 heterocycles. The van der Waals surface area contributed by atoms with Gasteiger partial charge in [0.2, 0.25) is 0 Å². The van der Waals surface area contributed by atoms with E-state index in [1.807, 2.05) is 0 Å². The highest BCUT2D eigenvalue weighted by molar-refractivity contribution is 5.88. The van der Waals surface area contributed by atoms with Crippen molar-refractivity contribution in [2.75, 3.05) is 6.61 Å². The van der Waals surface area contributed by atoms with Gasteiger partial charge in [0.1, 0.15) is 5.75 Å². The van der Waals surface area contributed by atoms with Crippen molar-refractivity contribution < 1.29 is 20.1 Å². The molecule has 0 aromatic heterocycles. The minimum Gasteiger partial charge on any atom is -0.508 e. The SMILES string of the molecule is C/C(=C\Cc1cc(C(=O)O)ccc1O)CO. The summed E-state index contributed by atoms with van der Waals surface area (Å²) in [4.78, 5) is 10.7. The molecule has 0 amide bonds. The molecule has 0 saturated heterocycles. The van der Waals surface area contributed by atoms with Gasteiger partial charge in [-0.2, -0.15) is 0 Å². The summed E-state index contributed by atoms with van der Waals surface area (Å²) < 4.78 is 0. The average Bonchev–Trinajstić information content (AvgIpc) is 2.27. The predicted molar refractivity (Wildman–Crippen MR) is 59.6 cm³/mol. The standard InChI is InChI=1S/C12H14O4/c1-8(7-13)2-3-9-6-10(12(15)16)4-5-11(9)14/h2,4-6,13-14H,3,7H2,1H3,(H,15,16)/b8-2+. The van der Waals surface area contributed by atoms with Gasteiger partial charge in [0, 0.05) is 0 Å². The second-order valence-electron chi connectivity index (χ2n) is 3.56. The summed E-state index contributed by atoms with van der Waals surface area (Å²) in [7, 11) is 0.